The molecule has 1 N–H and O–H groups in total. The first-order valence-electron chi connectivity index (χ1n) is 6.75. The molecule has 5 nitrogen and oxygen atoms in total. The molecule has 0 atom stereocenters. The summed E-state index contributed by atoms with van der Waals surface area (Å²) in [7, 11) is 0. The molecule has 0 aromatic carbocycles. The van der Waals surface area contributed by atoms with E-state index < -0.39 is 5.97 Å². The molecule has 0 aliphatic heterocycles. The van der Waals surface area contributed by atoms with Gasteiger partial charge in [0.25, 0.3) is 0 Å². The Balaban J connectivity index is 2.20. The summed E-state index contributed by atoms with van der Waals surface area (Å²) in [5.41, 5.74) is 0.393. The summed E-state index contributed by atoms with van der Waals surface area (Å²) in [6, 6.07) is 0. The molecule has 0 spiro atoms. The van der Waals surface area contributed by atoms with Gasteiger partial charge in [0.05, 0.1) is 5.75 Å². The van der Waals surface area contributed by atoms with Crippen LogP contribution in [0.25, 0.3) is 0 Å². The molecule has 1 saturated carbocycles. The van der Waals surface area contributed by atoms with Crippen molar-refractivity contribution in [1.29, 1.82) is 0 Å². The van der Waals surface area contributed by atoms with E-state index in [-0.39, 0.29) is 5.75 Å². The molecule has 19 heavy (non-hydrogen) atoms. The number of rotatable bonds is 7. The molecular weight excluding hydrogens is 262 g/mol. The summed E-state index contributed by atoms with van der Waals surface area (Å²) in [6.45, 7) is 7.33. The average molecular weight is 283 g/mol. The van der Waals surface area contributed by atoms with Crippen LogP contribution in [0.1, 0.15) is 51.8 Å². The molecule has 0 bridgehead atoms. The number of aromatic nitrogens is 3. The predicted octanol–water partition coefficient (Wildman–Crippen LogP) is 2.77. The van der Waals surface area contributed by atoms with Crippen LogP contribution in [-0.4, -0.2) is 31.6 Å². The van der Waals surface area contributed by atoms with Crippen LogP contribution in [0.5, 0.6) is 0 Å². The second-order valence-corrected chi connectivity index (χ2v) is 6.56. The van der Waals surface area contributed by atoms with Gasteiger partial charge in [-0.3, -0.25) is 4.79 Å². The van der Waals surface area contributed by atoms with Crippen molar-refractivity contribution in [3.05, 3.63) is 5.82 Å². The Morgan fingerprint density at radius 3 is 2.63 bits per heavy atom. The van der Waals surface area contributed by atoms with E-state index in [1.54, 1.807) is 0 Å². The van der Waals surface area contributed by atoms with Crippen LogP contribution >= 0.6 is 11.8 Å². The number of hydrogen-bond donors (Lipinski definition) is 1. The summed E-state index contributed by atoms with van der Waals surface area (Å²) >= 11 is 1.26. The number of aliphatic carboxylic acids is 1. The van der Waals surface area contributed by atoms with Gasteiger partial charge in [-0.25, -0.2) is 0 Å². The number of nitrogens with zero attached hydrogens (tertiary/aromatic N) is 3. The molecule has 6 heteroatoms. The molecule has 1 aliphatic rings. The summed E-state index contributed by atoms with van der Waals surface area (Å²) in [5.74, 6) is 0.490. The van der Waals surface area contributed by atoms with Gasteiger partial charge in [0, 0.05) is 12.5 Å². The minimum atomic E-state index is -0.817. The Morgan fingerprint density at radius 1 is 1.47 bits per heavy atom. The topological polar surface area (TPSA) is 68.0 Å². The highest BCUT2D eigenvalue weighted by molar-refractivity contribution is 7.99. The van der Waals surface area contributed by atoms with Crippen molar-refractivity contribution >= 4 is 17.7 Å². The lowest BCUT2D eigenvalue weighted by molar-refractivity contribution is -0.133. The summed E-state index contributed by atoms with van der Waals surface area (Å²) in [5, 5.41) is 17.9. The van der Waals surface area contributed by atoms with E-state index in [1.165, 1.54) is 24.6 Å². The maximum absolute atomic E-state index is 10.7. The third kappa shape index (κ3) is 3.29. The van der Waals surface area contributed by atoms with Crippen molar-refractivity contribution in [2.24, 2.45) is 5.41 Å². The third-order valence-corrected chi connectivity index (χ3v) is 4.74. The first-order chi connectivity index (χ1) is 8.97. The largest absolute Gasteiger partial charge is 0.481 e. The summed E-state index contributed by atoms with van der Waals surface area (Å²) in [6.07, 6.45) is 3.66. The van der Waals surface area contributed by atoms with Crippen molar-refractivity contribution in [1.82, 2.24) is 14.8 Å². The third-order valence-electron chi connectivity index (χ3n) is 3.79. The number of carbonyl (C=O) groups is 1. The zero-order chi connectivity index (χ0) is 14.0. The van der Waals surface area contributed by atoms with Gasteiger partial charge in [0.15, 0.2) is 5.16 Å². The van der Waals surface area contributed by atoms with Crippen molar-refractivity contribution in [2.75, 3.05) is 5.75 Å². The number of hydrogen-bond acceptors (Lipinski definition) is 4. The van der Waals surface area contributed by atoms with Gasteiger partial charge in [0.2, 0.25) is 0 Å². The second kappa shape index (κ2) is 5.53. The molecule has 1 fully saturated rings. The lowest BCUT2D eigenvalue weighted by Crippen LogP contribution is -2.15. The molecule has 1 heterocycles. The molecule has 0 saturated heterocycles. The van der Waals surface area contributed by atoms with E-state index in [4.69, 9.17) is 5.11 Å². The Hall–Kier alpha value is -1.04. The van der Waals surface area contributed by atoms with Gasteiger partial charge in [0.1, 0.15) is 5.82 Å². The van der Waals surface area contributed by atoms with Crippen LogP contribution in [0.3, 0.4) is 0 Å². The van der Waals surface area contributed by atoms with E-state index in [9.17, 15) is 4.79 Å². The van der Waals surface area contributed by atoms with Crippen molar-refractivity contribution in [3.8, 4) is 0 Å². The zero-order valence-electron chi connectivity index (χ0n) is 11.7. The Labute approximate surface area is 117 Å². The molecule has 0 amide bonds. The Morgan fingerprint density at radius 2 is 2.16 bits per heavy atom. The Kier molecular flexibility index (Phi) is 4.18. The minimum absolute atomic E-state index is 0.0371. The average Bonchev–Trinajstić information content (AvgIpc) is 3.00. The van der Waals surface area contributed by atoms with Gasteiger partial charge in [-0.1, -0.05) is 32.5 Å². The fraction of sp³-hybridized carbons (Fsp3) is 0.769. The zero-order valence-corrected chi connectivity index (χ0v) is 12.5. The van der Waals surface area contributed by atoms with Crippen LogP contribution in [0.2, 0.25) is 0 Å². The number of carboxylic acids is 1. The molecule has 106 valence electrons. The smallest absolute Gasteiger partial charge is 0.313 e. The fourth-order valence-electron chi connectivity index (χ4n) is 2.24. The quantitative estimate of drug-likeness (QED) is 0.779. The second-order valence-electron chi connectivity index (χ2n) is 5.62. The molecule has 0 unspecified atom stereocenters. The normalized spacial score (nSPS) is 16.8. The minimum Gasteiger partial charge on any atom is -0.481 e. The molecule has 0 radical (unpaired) electrons. The number of thioether (sulfide) groups is 1. The molecule has 1 aromatic heterocycles. The lowest BCUT2D eigenvalue weighted by Gasteiger charge is -2.17. The summed E-state index contributed by atoms with van der Waals surface area (Å²) < 4.78 is 2.13. The van der Waals surface area contributed by atoms with E-state index in [0.29, 0.717) is 11.3 Å². The maximum atomic E-state index is 10.7. The summed E-state index contributed by atoms with van der Waals surface area (Å²) in [4.78, 5) is 10.7. The van der Waals surface area contributed by atoms with E-state index in [2.05, 4.69) is 35.5 Å². The monoisotopic (exact) mass is 283 g/mol. The van der Waals surface area contributed by atoms with Gasteiger partial charge >= 0.3 is 5.97 Å². The van der Waals surface area contributed by atoms with Crippen LogP contribution in [0.15, 0.2) is 5.16 Å². The highest BCUT2D eigenvalue weighted by Crippen LogP contribution is 2.50. The fourth-order valence-corrected chi connectivity index (χ4v) is 2.91. The molecule has 2 rings (SSSR count). The van der Waals surface area contributed by atoms with Crippen molar-refractivity contribution < 1.29 is 9.90 Å². The van der Waals surface area contributed by atoms with Gasteiger partial charge in [-0.15, -0.1) is 10.2 Å². The van der Waals surface area contributed by atoms with E-state index >= 15 is 0 Å². The SMILES string of the molecule is CCC1(Cn2c(SCC(=O)O)nnc2C(C)C)CC1. The van der Waals surface area contributed by atoms with Crippen molar-refractivity contribution in [3.63, 3.8) is 0 Å². The maximum Gasteiger partial charge on any atom is 0.313 e. The predicted molar refractivity (Wildman–Crippen MR) is 74.4 cm³/mol. The highest BCUT2D eigenvalue weighted by atomic mass is 32.2. The first-order valence-corrected chi connectivity index (χ1v) is 7.74. The molecule has 1 aromatic rings. The van der Waals surface area contributed by atoms with E-state index in [1.807, 2.05) is 0 Å². The lowest BCUT2D eigenvalue weighted by atomic mass is 10.0. The highest BCUT2D eigenvalue weighted by Gasteiger charge is 2.42. The van der Waals surface area contributed by atoms with E-state index in [0.717, 1.165) is 23.9 Å². The van der Waals surface area contributed by atoms with Crippen LogP contribution in [0, 0.1) is 5.41 Å². The number of carboxylic acid groups (broad SMARTS) is 1. The standard InChI is InChI=1S/C13H21N3O2S/c1-4-13(5-6-13)8-16-11(9(2)3)14-15-12(16)19-7-10(17)18/h9H,4-8H2,1-3H3,(H,17,18). The van der Waals surface area contributed by atoms with Crippen LogP contribution in [0.4, 0.5) is 0 Å². The first kappa shape index (κ1) is 14.4. The van der Waals surface area contributed by atoms with Gasteiger partial charge < -0.3 is 9.67 Å². The van der Waals surface area contributed by atoms with Gasteiger partial charge in [-0.2, -0.15) is 0 Å². The van der Waals surface area contributed by atoms with Crippen LogP contribution in [-0.2, 0) is 11.3 Å². The van der Waals surface area contributed by atoms with Crippen LogP contribution < -0.4 is 0 Å². The molecule has 1 aliphatic carbocycles. The Bertz CT molecular complexity index is 466. The van der Waals surface area contributed by atoms with Gasteiger partial charge in [-0.05, 0) is 24.7 Å². The molecular formula is C13H21N3O2S. The van der Waals surface area contributed by atoms with Crippen molar-refractivity contribution in [2.45, 2.75) is 57.7 Å².